The van der Waals surface area contributed by atoms with Crippen LogP contribution in [-0.2, 0) is 4.79 Å². The summed E-state index contributed by atoms with van der Waals surface area (Å²) in [6, 6.07) is 0. The summed E-state index contributed by atoms with van der Waals surface area (Å²) >= 11 is 0. The Hall–Kier alpha value is -1.05. The van der Waals surface area contributed by atoms with Crippen LogP contribution in [0.25, 0.3) is 0 Å². The zero-order valence-electron chi connectivity index (χ0n) is 4.79. The summed E-state index contributed by atoms with van der Waals surface area (Å²) in [7, 11) is 0. The van der Waals surface area contributed by atoms with Crippen LogP contribution in [0.4, 0.5) is 0 Å². The molecule has 0 fully saturated rings. The fourth-order valence-electron chi connectivity index (χ4n) is 0.262. The average molecular weight is 111 g/mol. The molecule has 0 unspecified atom stereocenters. The van der Waals surface area contributed by atoms with Crippen molar-refractivity contribution < 1.29 is 4.79 Å². The summed E-state index contributed by atoms with van der Waals surface area (Å²) in [6.45, 7) is 1.87. The van der Waals surface area contributed by atoms with Crippen molar-refractivity contribution in [2.24, 2.45) is 5.73 Å². The van der Waals surface area contributed by atoms with Crippen LogP contribution in [0.3, 0.4) is 0 Å². The molecular formula is C6H9NO. The molecule has 0 radical (unpaired) electrons. The van der Waals surface area contributed by atoms with E-state index in [4.69, 9.17) is 5.73 Å². The molecule has 0 aliphatic heterocycles. The third kappa shape index (κ3) is 4.95. The predicted octanol–water partition coefficient (Wildman–Crippen LogP) is 0.604. The summed E-state index contributed by atoms with van der Waals surface area (Å²) in [4.78, 5) is 9.98. The van der Waals surface area contributed by atoms with E-state index in [0.717, 1.165) is 0 Å². The second-order valence-electron chi connectivity index (χ2n) is 1.29. The van der Waals surface area contributed by atoms with E-state index in [2.05, 4.69) is 0 Å². The number of primary amides is 1. The third-order valence-corrected chi connectivity index (χ3v) is 0.564. The van der Waals surface area contributed by atoms with Crippen LogP contribution >= 0.6 is 0 Å². The number of amides is 1. The first kappa shape index (κ1) is 6.95. The zero-order valence-corrected chi connectivity index (χ0v) is 4.79. The van der Waals surface area contributed by atoms with E-state index in [1.807, 2.05) is 13.0 Å². The van der Waals surface area contributed by atoms with Gasteiger partial charge in [-0.2, -0.15) is 0 Å². The Morgan fingerprint density at radius 3 is 2.50 bits per heavy atom. The lowest BCUT2D eigenvalue weighted by Crippen LogP contribution is -2.04. The van der Waals surface area contributed by atoms with Crippen molar-refractivity contribution >= 4 is 5.91 Å². The summed E-state index contributed by atoms with van der Waals surface area (Å²) < 4.78 is 0. The topological polar surface area (TPSA) is 43.1 Å². The van der Waals surface area contributed by atoms with E-state index in [-0.39, 0.29) is 0 Å². The van der Waals surface area contributed by atoms with Crippen molar-refractivity contribution in [3.63, 3.8) is 0 Å². The van der Waals surface area contributed by atoms with Crippen LogP contribution < -0.4 is 5.73 Å². The Kier molecular flexibility index (Phi) is 3.58. The maximum absolute atomic E-state index is 9.98. The molecule has 0 aliphatic carbocycles. The number of nitrogens with two attached hydrogens (primary N) is 1. The first-order chi connectivity index (χ1) is 3.77. The molecule has 0 aromatic rings. The molecule has 1 amide bonds. The van der Waals surface area contributed by atoms with Crippen LogP contribution in [0.1, 0.15) is 6.92 Å². The van der Waals surface area contributed by atoms with Gasteiger partial charge in [-0.25, -0.2) is 0 Å². The minimum absolute atomic E-state index is 0.414. The molecule has 0 saturated carbocycles. The largest absolute Gasteiger partial charge is 0.366 e. The van der Waals surface area contributed by atoms with Crippen LogP contribution in [0.5, 0.6) is 0 Å². The average Bonchev–Trinajstić information content (AvgIpc) is 1.66. The monoisotopic (exact) mass is 111 g/mol. The number of carbonyl (C=O) groups excluding carboxylic acids is 1. The number of hydrogen-bond donors (Lipinski definition) is 1. The van der Waals surface area contributed by atoms with Gasteiger partial charge in [0.05, 0.1) is 0 Å². The summed E-state index contributed by atoms with van der Waals surface area (Å²) in [6.07, 6.45) is 6.46. The van der Waals surface area contributed by atoms with Crippen molar-refractivity contribution in [2.75, 3.05) is 0 Å². The minimum Gasteiger partial charge on any atom is -0.366 e. The fourth-order valence-corrected chi connectivity index (χ4v) is 0.262. The lowest BCUT2D eigenvalue weighted by Gasteiger charge is -1.73. The van der Waals surface area contributed by atoms with Crippen molar-refractivity contribution in [3.8, 4) is 0 Å². The van der Waals surface area contributed by atoms with Gasteiger partial charge < -0.3 is 5.73 Å². The third-order valence-electron chi connectivity index (χ3n) is 0.564. The van der Waals surface area contributed by atoms with E-state index in [1.54, 1.807) is 12.2 Å². The van der Waals surface area contributed by atoms with E-state index >= 15 is 0 Å². The minimum atomic E-state index is -0.414. The highest BCUT2D eigenvalue weighted by atomic mass is 16.1. The van der Waals surface area contributed by atoms with Crippen LogP contribution in [0, 0.1) is 0 Å². The van der Waals surface area contributed by atoms with E-state index in [9.17, 15) is 4.79 Å². The van der Waals surface area contributed by atoms with Crippen LogP contribution in [-0.4, -0.2) is 5.91 Å². The van der Waals surface area contributed by atoms with Gasteiger partial charge in [0.2, 0.25) is 5.91 Å². The number of rotatable bonds is 2. The molecule has 0 aromatic heterocycles. The molecule has 0 spiro atoms. The molecule has 0 bridgehead atoms. The molecule has 0 aliphatic rings. The molecule has 8 heavy (non-hydrogen) atoms. The number of carbonyl (C=O) groups is 1. The van der Waals surface area contributed by atoms with Gasteiger partial charge in [0.25, 0.3) is 0 Å². The molecule has 0 aromatic carbocycles. The van der Waals surface area contributed by atoms with Gasteiger partial charge in [0.1, 0.15) is 0 Å². The van der Waals surface area contributed by atoms with Gasteiger partial charge in [-0.3, -0.25) is 4.79 Å². The molecular weight excluding hydrogens is 102 g/mol. The fraction of sp³-hybridized carbons (Fsp3) is 0.167. The standard InChI is InChI=1S/C6H9NO/c1-2-3-4-5-6(7)8/h2-5H,1H3,(H2,7,8)/b3-2-,5-4-. The summed E-state index contributed by atoms with van der Waals surface area (Å²) in [5.74, 6) is -0.414. The van der Waals surface area contributed by atoms with Gasteiger partial charge in [-0.1, -0.05) is 18.2 Å². The van der Waals surface area contributed by atoms with Gasteiger partial charge in [0.15, 0.2) is 0 Å². The van der Waals surface area contributed by atoms with Crippen molar-refractivity contribution in [2.45, 2.75) is 6.92 Å². The SMILES string of the molecule is C/C=C\C=C/C(N)=O. The molecule has 0 saturated heterocycles. The quantitative estimate of drug-likeness (QED) is 0.411. The molecule has 2 heteroatoms. The van der Waals surface area contributed by atoms with Crippen molar-refractivity contribution in [1.29, 1.82) is 0 Å². The molecule has 0 heterocycles. The van der Waals surface area contributed by atoms with Crippen molar-refractivity contribution in [1.82, 2.24) is 0 Å². The zero-order chi connectivity index (χ0) is 6.41. The second-order valence-corrected chi connectivity index (χ2v) is 1.29. The smallest absolute Gasteiger partial charge is 0.241 e. The Morgan fingerprint density at radius 2 is 2.12 bits per heavy atom. The van der Waals surface area contributed by atoms with Gasteiger partial charge >= 0.3 is 0 Å². The second kappa shape index (κ2) is 4.12. The lowest BCUT2D eigenvalue weighted by atomic mass is 10.4. The molecule has 2 N–H and O–H groups in total. The van der Waals surface area contributed by atoms with Gasteiger partial charge in [-0.15, -0.1) is 0 Å². The van der Waals surface area contributed by atoms with Gasteiger partial charge in [0, 0.05) is 6.08 Å². The number of hydrogen-bond acceptors (Lipinski definition) is 1. The van der Waals surface area contributed by atoms with Gasteiger partial charge in [-0.05, 0) is 6.92 Å². The molecule has 0 rings (SSSR count). The maximum atomic E-state index is 9.98. The maximum Gasteiger partial charge on any atom is 0.241 e. The van der Waals surface area contributed by atoms with E-state index in [1.165, 1.54) is 6.08 Å². The van der Waals surface area contributed by atoms with E-state index < -0.39 is 5.91 Å². The molecule has 44 valence electrons. The van der Waals surface area contributed by atoms with Crippen LogP contribution in [0.2, 0.25) is 0 Å². The van der Waals surface area contributed by atoms with Crippen molar-refractivity contribution in [3.05, 3.63) is 24.3 Å². The normalized spacial score (nSPS) is 11.1. The summed E-state index contributed by atoms with van der Waals surface area (Å²) in [5, 5.41) is 0. The lowest BCUT2D eigenvalue weighted by molar-refractivity contribution is -0.113. The Bertz CT molecular complexity index is 124. The van der Waals surface area contributed by atoms with Crippen LogP contribution in [0.15, 0.2) is 24.3 Å². The van der Waals surface area contributed by atoms with E-state index in [0.29, 0.717) is 0 Å². The molecule has 0 atom stereocenters. The molecule has 2 nitrogen and oxygen atoms in total. The first-order valence-corrected chi connectivity index (χ1v) is 2.36. The highest BCUT2D eigenvalue weighted by molar-refractivity contribution is 5.85. The Labute approximate surface area is 48.7 Å². The highest BCUT2D eigenvalue weighted by Crippen LogP contribution is 1.73. The Morgan fingerprint density at radius 1 is 1.50 bits per heavy atom. The predicted molar refractivity (Wildman–Crippen MR) is 33.1 cm³/mol. The highest BCUT2D eigenvalue weighted by Gasteiger charge is 1.75. The first-order valence-electron chi connectivity index (χ1n) is 2.36. The summed E-state index contributed by atoms with van der Waals surface area (Å²) in [5.41, 5.74) is 4.77. The number of allylic oxidation sites excluding steroid dienone is 3. The Balaban J connectivity index is 3.50.